The van der Waals surface area contributed by atoms with E-state index in [1.54, 1.807) is 12.1 Å². The van der Waals surface area contributed by atoms with E-state index in [1.807, 2.05) is 24.3 Å². The molecule has 3 rings (SSSR count). The van der Waals surface area contributed by atoms with Crippen LogP contribution in [0.4, 0.5) is 5.69 Å². The van der Waals surface area contributed by atoms with Crippen molar-refractivity contribution in [2.24, 2.45) is 5.92 Å². The molecule has 5 nitrogen and oxygen atoms in total. The number of furan rings is 1. The summed E-state index contributed by atoms with van der Waals surface area (Å²) in [5.74, 6) is 0.849. The number of nitrogens with one attached hydrogen (secondary N) is 2. The molecule has 2 amide bonds. The van der Waals surface area contributed by atoms with Gasteiger partial charge in [0.2, 0.25) is 5.91 Å². The minimum absolute atomic E-state index is 0.113. The predicted octanol–water partition coefficient (Wildman–Crippen LogP) is 4.12. The van der Waals surface area contributed by atoms with Gasteiger partial charge in [-0.15, -0.1) is 0 Å². The van der Waals surface area contributed by atoms with E-state index in [9.17, 15) is 9.59 Å². The summed E-state index contributed by atoms with van der Waals surface area (Å²) in [4.78, 5) is 23.8. The molecule has 0 bridgehead atoms. The Kier molecular flexibility index (Phi) is 5.88. The molecular weight excluding hydrogens is 316 g/mol. The number of hydrogen-bond donors (Lipinski definition) is 2. The fourth-order valence-electron chi connectivity index (χ4n) is 3.23. The summed E-state index contributed by atoms with van der Waals surface area (Å²) in [5, 5.41) is 5.73. The standard InChI is InChI=1S/C20H24N2O3/c23-19(12-9-15-4-1-2-5-15)21-14-16-7-10-17(11-8-16)22-20(24)18-6-3-13-25-18/h3,6-8,10-11,13,15H,1-2,4-5,9,12,14H2,(H,21,23)(H,22,24). The molecule has 1 aromatic carbocycles. The third kappa shape index (κ3) is 5.21. The Morgan fingerprint density at radius 3 is 2.52 bits per heavy atom. The predicted molar refractivity (Wildman–Crippen MR) is 96.1 cm³/mol. The topological polar surface area (TPSA) is 71.3 Å². The van der Waals surface area contributed by atoms with Gasteiger partial charge in [0, 0.05) is 18.7 Å². The molecule has 1 heterocycles. The Hall–Kier alpha value is -2.56. The Labute approximate surface area is 147 Å². The van der Waals surface area contributed by atoms with Gasteiger partial charge in [-0.1, -0.05) is 37.8 Å². The van der Waals surface area contributed by atoms with Crippen LogP contribution in [0.1, 0.15) is 54.6 Å². The average Bonchev–Trinajstić information content (AvgIpc) is 3.33. The zero-order chi connectivity index (χ0) is 17.5. The van der Waals surface area contributed by atoms with Gasteiger partial charge in [0.25, 0.3) is 5.91 Å². The van der Waals surface area contributed by atoms with Crippen molar-refractivity contribution in [3.63, 3.8) is 0 Å². The highest BCUT2D eigenvalue weighted by Gasteiger charge is 2.16. The van der Waals surface area contributed by atoms with Crippen molar-refractivity contribution in [2.75, 3.05) is 5.32 Å². The van der Waals surface area contributed by atoms with Gasteiger partial charge in [-0.05, 0) is 42.2 Å². The van der Waals surface area contributed by atoms with Gasteiger partial charge in [-0.3, -0.25) is 9.59 Å². The molecule has 0 radical (unpaired) electrons. The van der Waals surface area contributed by atoms with Gasteiger partial charge in [-0.2, -0.15) is 0 Å². The van der Waals surface area contributed by atoms with Gasteiger partial charge < -0.3 is 15.1 Å². The lowest BCUT2D eigenvalue weighted by molar-refractivity contribution is -0.121. The van der Waals surface area contributed by atoms with Crippen LogP contribution in [-0.4, -0.2) is 11.8 Å². The van der Waals surface area contributed by atoms with Gasteiger partial charge in [0.15, 0.2) is 5.76 Å². The molecule has 0 atom stereocenters. The maximum atomic E-state index is 11.9. The summed E-state index contributed by atoms with van der Waals surface area (Å²) in [7, 11) is 0. The Bertz CT molecular complexity index is 686. The van der Waals surface area contributed by atoms with Gasteiger partial charge >= 0.3 is 0 Å². The van der Waals surface area contributed by atoms with E-state index in [4.69, 9.17) is 4.42 Å². The van der Waals surface area contributed by atoms with Crippen LogP contribution in [0.25, 0.3) is 0 Å². The van der Waals surface area contributed by atoms with Gasteiger partial charge in [0.05, 0.1) is 6.26 Å². The molecule has 1 aromatic heterocycles. The third-order valence-electron chi connectivity index (χ3n) is 4.70. The molecule has 0 aliphatic heterocycles. The van der Waals surface area contributed by atoms with Crippen molar-refractivity contribution < 1.29 is 14.0 Å². The Morgan fingerprint density at radius 1 is 1.08 bits per heavy atom. The number of anilines is 1. The number of amides is 2. The highest BCUT2D eigenvalue weighted by atomic mass is 16.3. The highest BCUT2D eigenvalue weighted by molar-refractivity contribution is 6.02. The molecule has 1 aliphatic carbocycles. The molecule has 0 saturated heterocycles. The smallest absolute Gasteiger partial charge is 0.291 e. The van der Waals surface area contributed by atoms with Crippen LogP contribution in [0.5, 0.6) is 0 Å². The Morgan fingerprint density at radius 2 is 1.84 bits per heavy atom. The number of hydrogen-bond acceptors (Lipinski definition) is 3. The van der Waals surface area contributed by atoms with E-state index in [1.165, 1.54) is 31.9 Å². The van der Waals surface area contributed by atoms with Gasteiger partial charge in [0.1, 0.15) is 0 Å². The maximum Gasteiger partial charge on any atom is 0.291 e. The van der Waals surface area contributed by atoms with Crippen LogP contribution in [-0.2, 0) is 11.3 Å². The number of carbonyl (C=O) groups is 2. The zero-order valence-electron chi connectivity index (χ0n) is 14.3. The first-order chi connectivity index (χ1) is 12.2. The molecule has 25 heavy (non-hydrogen) atoms. The largest absolute Gasteiger partial charge is 0.459 e. The van der Waals surface area contributed by atoms with E-state index in [-0.39, 0.29) is 17.6 Å². The monoisotopic (exact) mass is 340 g/mol. The summed E-state index contributed by atoms with van der Waals surface area (Å²) in [6, 6.07) is 10.7. The summed E-state index contributed by atoms with van der Waals surface area (Å²) in [6.45, 7) is 0.510. The second-order valence-corrected chi connectivity index (χ2v) is 6.59. The molecule has 1 saturated carbocycles. The normalized spacial score (nSPS) is 14.4. The Balaban J connectivity index is 1.41. The fourth-order valence-corrected chi connectivity index (χ4v) is 3.23. The number of benzene rings is 1. The van der Waals surface area contributed by atoms with Crippen LogP contribution in [0.15, 0.2) is 47.1 Å². The van der Waals surface area contributed by atoms with Crippen LogP contribution in [0.2, 0.25) is 0 Å². The maximum absolute atomic E-state index is 11.9. The quantitative estimate of drug-likeness (QED) is 0.796. The molecule has 2 N–H and O–H groups in total. The van der Waals surface area contributed by atoms with Crippen molar-refractivity contribution in [2.45, 2.75) is 45.1 Å². The molecule has 132 valence electrons. The minimum Gasteiger partial charge on any atom is -0.459 e. The number of rotatable bonds is 7. The third-order valence-corrected chi connectivity index (χ3v) is 4.70. The van der Waals surface area contributed by atoms with Gasteiger partial charge in [-0.25, -0.2) is 0 Å². The molecule has 5 heteroatoms. The zero-order valence-corrected chi connectivity index (χ0v) is 14.3. The highest BCUT2D eigenvalue weighted by Crippen LogP contribution is 2.28. The molecule has 1 aliphatic rings. The van der Waals surface area contributed by atoms with Crippen LogP contribution < -0.4 is 10.6 Å². The van der Waals surface area contributed by atoms with E-state index >= 15 is 0 Å². The van der Waals surface area contributed by atoms with Crippen molar-refractivity contribution >= 4 is 17.5 Å². The van der Waals surface area contributed by atoms with E-state index in [0.29, 0.717) is 18.7 Å². The van der Waals surface area contributed by atoms with Crippen LogP contribution in [0.3, 0.4) is 0 Å². The lowest BCUT2D eigenvalue weighted by Crippen LogP contribution is -2.23. The summed E-state index contributed by atoms with van der Waals surface area (Å²) in [6.07, 6.45) is 8.26. The second-order valence-electron chi connectivity index (χ2n) is 6.59. The SMILES string of the molecule is O=C(CCC1CCCC1)NCc1ccc(NC(=O)c2ccco2)cc1. The van der Waals surface area contributed by atoms with Crippen molar-refractivity contribution in [3.8, 4) is 0 Å². The summed E-state index contributed by atoms with van der Waals surface area (Å²) in [5.41, 5.74) is 1.70. The van der Waals surface area contributed by atoms with Crippen LogP contribution >= 0.6 is 0 Å². The fraction of sp³-hybridized carbons (Fsp3) is 0.400. The van der Waals surface area contributed by atoms with E-state index < -0.39 is 0 Å². The first kappa shape index (κ1) is 17.3. The lowest BCUT2D eigenvalue weighted by Gasteiger charge is -2.10. The minimum atomic E-state index is -0.280. The first-order valence-corrected chi connectivity index (χ1v) is 8.91. The molecule has 1 fully saturated rings. The first-order valence-electron chi connectivity index (χ1n) is 8.91. The lowest BCUT2D eigenvalue weighted by atomic mass is 10.0. The summed E-state index contributed by atoms with van der Waals surface area (Å²) >= 11 is 0. The average molecular weight is 340 g/mol. The second kappa shape index (κ2) is 8.51. The number of carbonyl (C=O) groups excluding carboxylic acids is 2. The molecule has 0 unspecified atom stereocenters. The van der Waals surface area contributed by atoms with Crippen LogP contribution in [0, 0.1) is 5.92 Å². The summed E-state index contributed by atoms with van der Waals surface area (Å²) < 4.78 is 5.06. The van der Waals surface area contributed by atoms with Crippen molar-refractivity contribution in [1.29, 1.82) is 0 Å². The van der Waals surface area contributed by atoms with E-state index in [2.05, 4.69) is 10.6 Å². The molecular formula is C20H24N2O3. The van der Waals surface area contributed by atoms with Crippen molar-refractivity contribution in [3.05, 3.63) is 54.0 Å². The van der Waals surface area contributed by atoms with E-state index in [0.717, 1.165) is 17.9 Å². The molecule has 0 spiro atoms. The van der Waals surface area contributed by atoms with Crippen molar-refractivity contribution in [1.82, 2.24) is 5.32 Å². The molecule has 2 aromatic rings.